The fourth-order valence-electron chi connectivity index (χ4n) is 3.59. The zero-order valence-corrected chi connectivity index (χ0v) is 12.6. The van der Waals surface area contributed by atoms with Gasteiger partial charge in [0.2, 0.25) is 10.0 Å². The zero-order chi connectivity index (χ0) is 14.9. The van der Waals surface area contributed by atoms with Gasteiger partial charge < -0.3 is 5.11 Å². The maximum Gasteiger partial charge on any atom is 0.242 e. The van der Waals surface area contributed by atoms with E-state index in [2.05, 4.69) is 16.6 Å². The van der Waals surface area contributed by atoms with Gasteiger partial charge in [-0.3, -0.25) is 0 Å². The molecule has 0 spiro atoms. The molecule has 0 radical (unpaired) electrons. The lowest BCUT2D eigenvalue weighted by molar-refractivity contribution is 0.350. The van der Waals surface area contributed by atoms with Gasteiger partial charge in [-0.15, -0.1) is 0 Å². The van der Waals surface area contributed by atoms with Crippen LogP contribution < -0.4 is 4.72 Å². The summed E-state index contributed by atoms with van der Waals surface area (Å²) >= 11 is 0. The molecule has 0 aliphatic heterocycles. The van der Waals surface area contributed by atoms with Gasteiger partial charge in [0, 0.05) is 11.6 Å². The molecule has 0 heterocycles. The first-order valence-corrected chi connectivity index (χ1v) is 8.79. The highest BCUT2D eigenvalue weighted by molar-refractivity contribution is 7.89. The third-order valence-corrected chi connectivity index (χ3v) is 6.07. The molecule has 2 N–H and O–H groups in total. The molecular weight excluding hydrogens is 286 g/mol. The minimum absolute atomic E-state index is 0.0626. The lowest BCUT2D eigenvalue weighted by Crippen LogP contribution is -2.38. The van der Waals surface area contributed by atoms with Crippen molar-refractivity contribution in [2.75, 3.05) is 6.61 Å². The minimum atomic E-state index is -3.56. The van der Waals surface area contributed by atoms with E-state index in [4.69, 9.17) is 5.11 Å². The van der Waals surface area contributed by atoms with Crippen molar-refractivity contribution < 1.29 is 13.5 Å². The highest BCUT2D eigenvalue weighted by Gasteiger charge is 2.41. The molecule has 2 aliphatic carbocycles. The molecule has 3 unspecified atom stereocenters. The number of nitrogens with one attached hydrogen (secondary N) is 1. The van der Waals surface area contributed by atoms with E-state index in [9.17, 15) is 8.42 Å². The molecule has 3 atom stereocenters. The third kappa shape index (κ3) is 2.98. The van der Waals surface area contributed by atoms with Crippen molar-refractivity contribution in [2.24, 2.45) is 11.8 Å². The second-order valence-electron chi connectivity index (χ2n) is 5.86. The van der Waals surface area contributed by atoms with Crippen molar-refractivity contribution in [3.05, 3.63) is 29.8 Å². The largest absolute Gasteiger partial charge is 0.384 e. The summed E-state index contributed by atoms with van der Waals surface area (Å²) in [6.07, 6.45) is 4.47. The minimum Gasteiger partial charge on any atom is -0.384 e. The Balaban J connectivity index is 1.85. The van der Waals surface area contributed by atoms with Crippen LogP contribution in [-0.2, 0) is 10.0 Å². The molecule has 1 aromatic rings. The van der Waals surface area contributed by atoms with E-state index in [0.717, 1.165) is 19.3 Å². The van der Waals surface area contributed by atoms with Gasteiger partial charge >= 0.3 is 0 Å². The Labute approximate surface area is 125 Å². The van der Waals surface area contributed by atoms with Gasteiger partial charge in [0.1, 0.15) is 6.61 Å². The number of aliphatic hydroxyl groups excluding tert-OH is 1. The van der Waals surface area contributed by atoms with Gasteiger partial charge in [0.25, 0.3) is 0 Å². The molecule has 0 saturated heterocycles. The summed E-state index contributed by atoms with van der Waals surface area (Å²) in [5.74, 6) is 6.39. The Morgan fingerprint density at radius 1 is 1.24 bits per heavy atom. The summed E-state index contributed by atoms with van der Waals surface area (Å²) in [6.45, 7) is -0.284. The van der Waals surface area contributed by atoms with E-state index >= 15 is 0 Å². The van der Waals surface area contributed by atoms with Crippen molar-refractivity contribution >= 4 is 10.0 Å². The van der Waals surface area contributed by atoms with Crippen LogP contribution in [-0.4, -0.2) is 26.2 Å². The zero-order valence-electron chi connectivity index (χ0n) is 11.7. The van der Waals surface area contributed by atoms with E-state index in [1.54, 1.807) is 24.3 Å². The van der Waals surface area contributed by atoms with Crippen molar-refractivity contribution in [1.82, 2.24) is 4.72 Å². The maximum absolute atomic E-state index is 12.6. The van der Waals surface area contributed by atoms with Crippen molar-refractivity contribution in [1.29, 1.82) is 0 Å². The molecule has 2 saturated carbocycles. The van der Waals surface area contributed by atoms with Crippen LogP contribution in [0.2, 0.25) is 0 Å². The van der Waals surface area contributed by atoms with Crippen molar-refractivity contribution in [2.45, 2.75) is 36.6 Å². The molecule has 3 rings (SSSR count). The number of sulfonamides is 1. The molecule has 2 bridgehead atoms. The normalized spacial score (nSPS) is 27.4. The summed E-state index contributed by atoms with van der Waals surface area (Å²) < 4.78 is 28.1. The molecule has 1 aromatic carbocycles. The van der Waals surface area contributed by atoms with Crippen LogP contribution in [0.15, 0.2) is 29.2 Å². The monoisotopic (exact) mass is 305 g/mol. The Bertz CT molecular complexity index is 687. The van der Waals surface area contributed by atoms with Gasteiger partial charge in [-0.2, -0.15) is 0 Å². The fourth-order valence-corrected chi connectivity index (χ4v) is 5.07. The number of fused-ring (bicyclic) bond motifs is 2. The lowest BCUT2D eigenvalue weighted by Gasteiger charge is -2.23. The Hall–Kier alpha value is -1.35. The van der Waals surface area contributed by atoms with E-state index in [0.29, 0.717) is 17.4 Å². The van der Waals surface area contributed by atoms with E-state index in [1.807, 2.05) is 0 Å². The van der Waals surface area contributed by atoms with Crippen LogP contribution in [0.5, 0.6) is 0 Å². The molecule has 2 fully saturated rings. The third-order valence-electron chi connectivity index (χ3n) is 4.52. The second-order valence-corrected chi connectivity index (χ2v) is 7.54. The lowest BCUT2D eigenvalue weighted by atomic mass is 9.96. The summed E-state index contributed by atoms with van der Waals surface area (Å²) in [5.41, 5.74) is 0.433. The van der Waals surface area contributed by atoms with E-state index in [1.165, 1.54) is 6.42 Å². The number of aliphatic hydroxyl groups is 1. The molecule has 21 heavy (non-hydrogen) atoms. The van der Waals surface area contributed by atoms with Gasteiger partial charge in [0.05, 0.1) is 4.90 Å². The average molecular weight is 305 g/mol. The van der Waals surface area contributed by atoms with E-state index in [-0.39, 0.29) is 17.5 Å². The smallest absolute Gasteiger partial charge is 0.242 e. The van der Waals surface area contributed by atoms with Crippen molar-refractivity contribution in [3.63, 3.8) is 0 Å². The van der Waals surface area contributed by atoms with Gasteiger partial charge in [-0.05, 0) is 43.2 Å². The van der Waals surface area contributed by atoms with Gasteiger partial charge in [-0.1, -0.05) is 30.4 Å². The van der Waals surface area contributed by atoms with Crippen LogP contribution in [0.4, 0.5) is 0 Å². The summed E-state index contributed by atoms with van der Waals surface area (Å²) in [5, 5.41) is 8.78. The maximum atomic E-state index is 12.6. The quantitative estimate of drug-likeness (QED) is 0.832. The molecule has 112 valence electrons. The van der Waals surface area contributed by atoms with Gasteiger partial charge in [-0.25, -0.2) is 13.1 Å². The topological polar surface area (TPSA) is 66.4 Å². The highest BCUT2D eigenvalue weighted by Crippen LogP contribution is 2.44. The Morgan fingerprint density at radius 3 is 2.71 bits per heavy atom. The fraction of sp³-hybridized carbons (Fsp3) is 0.500. The first-order valence-electron chi connectivity index (χ1n) is 7.31. The second kappa shape index (κ2) is 5.80. The Morgan fingerprint density at radius 2 is 2.05 bits per heavy atom. The average Bonchev–Trinajstić information content (AvgIpc) is 3.07. The molecule has 0 amide bonds. The molecule has 2 aliphatic rings. The van der Waals surface area contributed by atoms with Crippen molar-refractivity contribution in [3.8, 4) is 11.8 Å². The van der Waals surface area contributed by atoms with Crippen LogP contribution in [0.3, 0.4) is 0 Å². The molecule has 5 heteroatoms. The highest BCUT2D eigenvalue weighted by atomic mass is 32.2. The van der Waals surface area contributed by atoms with Gasteiger partial charge in [0.15, 0.2) is 0 Å². The number of benzene rings is 1. The van der Waals surface area contributed by atoms with Crippen LogP contribution in [0.1, 0.15) is 31.2 Å². The Kier molecular flexibility index (Phi) is 4.03. The number of rotatable bonds is 3. The molecule has 0 aromatic heterocycles. The predicted molar refractivity (Wildman–Crippen MR) is 80.0 cm³/mol. The number of hydrogen-bond acceptors (Lipinski definition) is 3. The van der Waals surface area contributed by atoms with Crippen LogP contribution >= 0.6 is 0 Å². The number of hydrogen-bond donors (Lipinski definition) is 2. The van der Waals surface area contributed by atoms with Crippen LogP contribution in [0.25, 0.3) is 0 Å². The standard InChI is InChI=1S/C16H19NO3S/c18-9-3-5-13-4-1-2-6-16(13)21(19,20)17-15-11-12-7-8-14(15)10-12/h1-2,4,6,12,14-15,17-18H,7-11H2. The summed E-state index contributed by atoms with van der Waals surface area (Å²) in [6, 6.07) is 6.74. The predicted octanol–water partition coefficient (Wildman–Crippen LogP) is 1.50. The first-order chi connectivity index (χ1) is 10.1. The summed E-state index contributed by atoms with van der Waals surface area (Å²) in [7, 11) is -3.56. The first kappa shape index (κ1) is 14.6. The SMILES string of the molecule is O=S(=O)(NC1CC2CCC1C2)c1ccccc1C#CCO. The molecule has 4 nitrogen and oxygen atoms in total. The van der Waals surface area contributed by atoms with Crippen LogP contribution in [0, 0.1) is 23.7 Å². The van der Waals surface area contributed by atoms with E-state index < -0.39 is 10.0 Å². The molecular formula is C16H19NO3S. The summed E-state index contributed by atoms with van der Waals surface area (Å²) in [4.78, 5) is 0.203.